The molecule has 1 saturated heterocycles. The molecule has 1 fully saturated rings. The lowest BCUT2D eigenvalue weighted by molar-refractivity contribution is -0.122. The number of halogens is 1. The minimum atomic E-state index is -0.179. The minimum Gasteiger partial charge on any atom is -0.399 e. The van der Waals surface area contributed by atoms with Crippen LogP contribution in [0.5, 0.6) is 0 Å². The van der Waals surface area contributed by atoms with Crippen molar-refractivity contribution in [2.45, 2.75) is 38.2 Å². The molecule has 1 atom stereocenters. The van der Waals surface area contributed by atoms with Crippen LogP contribution in [0.2, 0.25) is 0 Å². The summed E-state index contributed by atoms with van der Waals surface area (Å²) in [6, 6.07) is 7.67. The largest absolute Gasteiger partial charge is 0.399 e. The molecule has 20 heavy (non-hydrogen) atoms. The zero-order valence-corrected chi connectivity index (χ0v) is 12.7. The van der Waals surface area contributed by atoms with E-state index in [1.54, 1.807) is 0 Å². The van der Waals surface area contributed by atoms with Crippen molar-refractivity contribution in [2.75, 3.05) is 18.9 Å². The number of aryl methyl sites for hydroxylation is 1. The maximum atomic E-state index is 11.8. The van der Waals surface area contributed by atoms with E-state index in [2.05, 4.69) is 12.2 Å². The van der Waals surface area contributed by atoms with E-state index in [1.165, 1.54) is 0 Å². The number of anilines is 1. The monoisotopic (exact) mass is 298 g/mol. The third kappa shape index (κ3) is 4.69. The summed E-state index contributed by atoms with van der Waals surface area (Å²) < 4.78 is 5.64. The van der Waals surface area contributed by atoms with E-state index in [1.807, 2.05) is 24.3 Å². The molecule has 0 aromatic heterocycles. The standard InChI is InChI=1S/C15H22N2O2.ClH/c1-15(9-4-10-19-15)11-17-14(18)8-7-12-5-2-3-6-13(12)16;/h2-3,5-6H,4,7-11,16H2,1H3,(H,17,18);1H. The molecule has 2 rings (SSSR count). The number of hydrogen-bond donors (Lipinski definition) is 2. The highest BCUT2D eigenvalue weighted by Gasteiger charge is 2.29. The van der Waals surface area contributed by atoms with Crippen molar-refractivity contribution in [1.82, 2.24) is 5.32 Å². The van der Waals surface area contributed by atoms with Crippen LogP contribution in [0.1, 0.15) is 31.7 Å². The summed E-state index contributed by atoms with van der Waals surface area (Å²) in [6.45, 7) is 3.44. The van der Waals surface area contributed by atoms with Gasteiger partial charge in [-0.15, -0.1) is 12.4 Å². The number of para-hydroxylation sites is 1. The van der Waals surface area contributed by atoms with Gasteiger partial charge in [0.25, 0.3) is 0 Å². The number of benzene rings is 1. The molecular weight excluding hydrogens is 276 g/mol. The lowest BCUT2D eigenvalue weighted by atomic mass is 10.0. The molecule has 1 heterocycles. The number of hydrogen-bond acceptors (Lipinski definition) is 3. The number of carbonyl (C=O) groups excluding carboxylic acids is 1. The number of nitrogen functional groups attached to an aromatic ring is 1. The summed E-state index contributed by atoms with van der Waals surface area (Å²) >= 11 is 0. The average molecular weight is 299 g/mol. The van der Waals surface area contributed by atoms with Crippen molar-refractivity contribution in [2.24, 2.45) is 0 Å². The highest BCUT2D eigenvalue weighted by Crippen LogP contribution is 2.23. The lowest BCUT2D eigenvalue weighted by Crippen LogP contribution is -2.40. The Morgan fingerprint density at radius 3 is 2.85 bits per heavy atom. The zero-order chi connectivity index (χ0) is 13.7. The van der Waals surface area contributed by atoms with E-state index >= 15 is 0 Å². The van der Waals surface area contributed by atoms with Crippen LogP contribution in [0.4, 0.5) is 5.69 Å². The maximum Gasteiger partial charge on any atom is 0.220 e. The average Bonchev–Trinajstić information content (AvgIpc) is 2.83. The summed E-state index contributed by atoms with van der Waals surface area (Å²) in [7, 11) is 0. The van der Waals surface area contributed by atoms with Crippen LogP contribution in [-0.4, -0.2) is 24.7 Å². The molecule has 112 valence electrons. The van der Waals surface area contributed by atoms with Gasteiger partial charge in [0.2, 0.25) is 5.91 Å². The van der Waals surface area contributed by atoms with E-state index in [0.29, 0.717) is 19.4 Å². The normalized spacial score (nSPS) is 21.2. The first-order valence-electron chi connectivity index (χ1n) is 6.83. The van der Waals surface area contributed by atoms with Crippen LogP contribution in [-0.2, 0) is 16.0 Å². The molecule has 0 aliphatic carbocycles. The SMILES string of the molecule is CC1(CNC(=O)CCc2ccccc2N)CCCO1.Cl. The van der Waals surface area contributed by atoms with Crippen LogP contribution in [0.15, 0.2) is 24.3 Å². The quantitative estimate of drug-likeness (QED) is 0.820. The first-order valence-corrected chi connectivity index (χ1v) is 6.83. The Labute approximate surface area is 126 Å². The van der Waals surface area contributed by atoms with Gasteiger partial charge in [0.1, 0.15) is 0 Å². The van der Waals surface area contributed by atoms with E-state index in [4.69, 9.17) is 10.5 Å². The molecule has 0 saturated carbocycles. The molecule has 1 amide bonds. The van der Waals surface area contributed by atoms with Crippen molar-refractivity contribution >= 4 is 24.0 Å². The van der Waals surface area contributed by atoms with Crippen molar-refractivity contribution in [1.29, 1.82) is 0 Å². The summed E-state index contributed by atoms with van der Waals surface area (Å²) in [6.07, 6.45) is 3.23. The predicted octanol–water partition coefficient (Wildman–Crippen LogP) is 2.31. The molecule has 0 bridgehead atoms. The number of rotatable bonds is 5. The summed E-state index contributed by atoms with van der Waals surface area (Å²) in [5.41, 5.74) is 7.45. The number of nitrogens with one attached hydrogen (secondary N) is 1. The van der Waals surface area contributed by atoms with Crippen LogP contribution in [0, 0.1) is 0 Å². The molecule has 0 radical (unpaired) electrons. The lowest BCUT2D eigenvalue weighted by Gasteiger charge is -2.23. The number of carbonyl (C=O) groups is 1. The van der Waals surface area contributed by atoms with Crippen molar-refractivity contribution in [3.8, 4) is 0 Å². The number of nitrogens with two attached hydrogens (primary N) is 1. The zero-order valence-electron chi connectivity index (χ0n) is 11.9. The van der Waals surface area contributed by atoms with Crippen molar-refractivity contribution in [3.05, 3.63) is 29.8 Å². The summed E-state index contributed by atoms with van der Waals surface area (Å²) in [5.74, 6) is 0.0555. The van der Waals surface area contributed by atoms with Gasteiger partial charge in [-0.05, 0) is 37.8 Å². The smallest absolute Gasteiger partial charge is 0.220 e. The van der Waals surface area contributed by atoms with Gasteiger partial charge in [0.15, 0.2) is 0 Å². The fraction of sp³-hybridized carbons (Fsp3) is 0.533. The van der Waals surface area contributed by atoms with E-state index in [0.717, 1.165) is 30.7 Å². The molecule has 0 spiro atoms. The van der Waals surface area contributed by atoms with Gasteiger partial charge in [-0.2, -0.15) is 0 Å². The third-order valence-electron chi connectivity index (χ3n) is 3.64. The Morgan fingerprint density at radius 2 is 2.20 bits per heavy atom. The molecule has 1 aromatic carbocycles. The second-order valence-electron chi connectivity index (χ2n) is 5.38. The van der Waals surface area contributed by atoms with E-state index in [-0.39, 0.29) is 23.9 Å². The molecule has 5 heteroatoms. The van der Waals surface area contributed by atoms with E-state index in [9.17, 15) is 4.79 Å². The molecule has 1 aliphatic heterocycles. The Morgan fingerprint density at radius 1 is 1.45 bits per heavy atom. The molecule has 1 unspecified atom stereocenters. The van der Waals surface area contributed by atoms with Gasteiger partial charge in [-0.1, -0.05) is 18.2 Å². The van der Waals surface area contributed by atoms with Crippen LogP contribution >= 0.6 is 12.4 Å². The van der Waals surface area contributed by atoms with Gasteiger partial charge < -0.3 is 15.8 Å². The summed E-state index contributed by atoms with van der Waals surface area (Å²) in [4.78, 5) is 11.8. The molecular formula is C15H23ClN2O2. The Bertz CT molecular complexity index is 445. The van der Waals surface area contributed by atoms with Gasteiger partial charge in [-0.3, -0.25) is 4.79 Å². The molecule has 3 N–H and O–H groups in total. The first-order chi connectivity index (χ1) is 9.09. The van der Waals surface area contributed by atoms with Crippen molar-refractivity contribution < 1.29 is 9.53 Å². The molecule has 4 nitrogen and oxygen atoms in total. The van der Waals surface area contributed by atoms with Crippen molar-refractivity contribution in [3.63, 3.8) is 0 Å². The second-order valence-corrected chi connectivity index (χ2v) is 5.38. The minimum absolute atomic E-state index is 0. The van der Waals surface area contributed by atoms with Gasteiger partial charge in [-0.25, -0.2) is 0 Å². The Hall–Kier alpha value is -1.26. The molecule has 1 aromatic rings. The Kier molecular flexibility index (Phi) is 6.30. The van der Waals surface area contributed by atoms with Crippen LogP contribution in [0.3, 0.4) is 0 Å². The maximum absolute atomic E-state index is 11.8. The highest BCUT2D eigenvalue weighted by molar-refractivity contribution is 5.85. The topological polar surface area (TPSA) is 64.4 Å². The van der Waals surface area contributed by atoms with Gasteiger partial charge in [0, 0.05) is 25.3 Å². The number of amides is 1. The number of ether oxygens (including phenoxy) is 1. The van der Waals surface area contributed by atoms with Crippen LogP contribution in [0.25, 0.3) is 0 Å². The summed E-state index contributed by atoms with van der Waals surface area (Å²) in [5, 5.41) is 2.95. The van der Waals surface area contributed by atoms with E-state index < -0.39 is 0 Å². The fourth-order valence-electron chi connectivity index (χ4n) is 2.36. The third-order valence-corrected chi connectivity index (χ3v) is 3.64. The predicted molar refractivity (Wildman–Crippen MR) is 83.0 cm³/mol. The first kappa shape index (κ1) is 16.8. The molecule has 1 aliphatic rings. The highest BCUT2D eigenvalue weighted by atomic mass is 35.5. The second kappa shape index (κ2) is 7.50. The fourth-order valence-corrected chi connectivity index (χ4v) is 2.36. The Balaban J connectivity index is 0.00000200. The van der Waals surface area contributed by atoms with Gasteiger partial charge >= 0.3 is 0 Å². The van der Waals surface area contributed by atoms with Crippen LogP contribution < -0.4 is 11.1 Å². The van der Waals surface area contributed by atoms with Gasteiger partial charge in [0.05, 0.1) is 5.60 Å².